The molecular weight excluding hydrogens is 412 g/mol. The molecule has 0 saturated heterocycles. The zero-order valence-electron chi connectivity index (χ0n) is 17.4. The van der Waals surface area contributed by atoms with Crippen molar-refractivity contribution in [1.29, 1.82) is 0 Å². The molecule has 0 aliphatic carbocycles. The van der Waals surface area contributed by atoms with Gasteiger partial charge in [0, 0.05) is 23.2 Å². The SMILES string of the molecule is O=C(Nc1cccnc1OCc1ccccc1OCCCCCCCl)c1ccccc1. The van der Waals surface area contributed by atoms with Gasteiger partial charge in [-0.2, -0.15) is 0 Å². The molecule has 162 valence electrons. The van der Waals surface area contributed by atoms with Crippen molar-refractivity contribution in [2.45, 2.75) is 32.3 Å². The predicted molar refractivity (Wildman–Crippen MR) is 124 cm³/mol. The Labute approximate surface area is 188 Å². The fourth-order valence-electron chi connectivity index (χ4n) is 3.03. The van der Waals surface area contributed by atoms with Crippen molar-refractivity contribution in [2.24, 2.45) is 0 Å². The number of ether oxygens (including phenoxy) is 2. The summed E-state index contributed by atoms with van der Waals surface area (Å²) in [5, 5.41) is 2.87. The van der Waals surface area contributed by atoms with Gasteiger partial charge in [-0.25, -0.2) is 4.98 Å². The van der Waals surface area contributed by atoms with Gasteiger partial charge in [-0.1, -0.05) is 49.2 Å². The van der Waals surface area contributed by atoms with Crippen molar-refractivity contribution >= 4 is 23.2 Å². The molecule has 3 rings (SSSR count). The van der Waals surface area contributed by atoms with E-state index in [1.54, 1.807) is 30.5 Å². The summed E-state index contributed by atoms with van der Waals surface area (Å²) in [6, 6.07) is 20.4. The predicted octanol–water partition coefficient (Wildman–Crippen LogP) is 6.09. The lowest BCUT2D eigenvalue weighted by atomic mass is 10.2. The van der Waals surface area contributed by atoms with E-state index in [0.717, 1.165) is 37.0 Å². The maximum Gasteiger partial charge on any atom is 0.255 e. The maximum atomic E-state index is 12.5. The summed E-state index contributed by atoms with van der Waals surface area (Å²) >= 11 is 5.71. The normalized spacial score (nSPS) is 10.5. The van der Waals surface area contributed by atoms with Gasteiger partial charge in [0.15, 0.2) is 0 Å². The number of hydrogen-bond acceptors (Lipinski definition) is 4. The second-order valence-electron chi connectivity index (χ2n) is 7.02. The summed E-state index contributed by atoms with van der Waals surface area (Å²) in [6.07, 6.45) is 5.89. The van der Waals surface area contributed by atoms with Gasteiger partial charge in [0.05, 0.1) is 6.61 Å². The highest BCUT2D eigenvalue weighted by molar-refractivity contribution is 6.17. The largest absolute Gasteiger partial charge is 0.493 e. The van der Waals surface area contributed by atoms with E-state index in [-0.39, 0.29) is 12.5 Å². The van der Waals surface area contributed by atoms with Crippen LogP contribution in [0.25, 0.3) is 0 Å². The van der Waals surface area contributed by atoms with Gasteiger partial charge in [0.2, 0.25) is 5.88 Å². The van der Waals surface area contributed by atoms with Crippen LogP contribution >= 0.6 is 11.6 Å². The van der Waals surface area contributed by atoms with Gasteiger partial charge >= 0.3 is 0 Å². The molecule has 6 heteroatoms. The molecule has 0 saturated carbocycles. The van der Waals surface area contributed by atoms with Crippen LogP contribution in [0.15, 0.2) is 72.9 Å². The third kappa shape index (κ3) is 7.30. The molecule has 0 fully saturated rings. The number of carbonyl (C=O) groups excluding carboxylic acids is 1. The molecule has 1 amide bonds. The van der Waals surface area contributed by atoms with E-state index in [1.807, 2.05) is 42.5 Å². The van der Waals surface area contributed by atoms with Gasteiger partial charge in [0.25, 0.3) is 5.91 Å². The van der Waals surface area contributed by atoms with Crippen molar-refractivity contribution in [3.8, 4) is 11.6 Å². The molecular formula is C25H27ClN2O3. The van der Waals surface area contributed by atoms with Crippen LogP contribution in [0.4, 0.5) is 5.69 Å². The first-order valence-electron chi connectivity index (χ1n) is 10.5. The number of unbranched alkanes of at least 4 members (excludes halogenated alkanes) is 3. The molecule has 3 aromatic rings. The molecule has 0 bridgehead atoms. The fourth-order valence-corrected chi connectivity index (χ4v) is 3.22. The third-order valence-corrected chi connectivity index (χ3v) is 4.95. The number of para-hydroxylation sites is 1. The molecule has 0 spiro atoms. The smallest absolute Gasteiger partial charge is 0.255 e. The quantitative estimate of drug-likeness (QED) is 0.274. The number of hydrogen-bond donors (Lipinski definition) is 1. The van der Waals surface area contributed by atoms with Gasteiger partial charge in [-0.15, -0.1) is 11.6 Å². The number of nitrogens with zero attached hydrogens (tertiary/aromatic N) is 1. The van der Waals surface area contributed by atoms with Crippen LogP contribution in [-0.4, -0.2) is 23.4 Å². The van der Waals surface area contributed by atoms with Crippen LogP contribution in [-0.2, 0) is 6.61 Å². The van der Waals surface area contributed by atoms with Gasteiger partial charge in [0.1, 0.15) is 18.0 Å². The van der Waals surface area contributed by atoms with Crippen molar-refractivity contribution < 1.29 is 14.3 Å². The molecule has 1 aromatic heterocycles. The van der Waals surface area contributed by atoms with Crippen molar-refractivity contribution in [3.05, 3.63) is 84.1 Å². The number of benzene rings is 2. The second-order valence-corrected chi connectivity index (χ2v) is 7.40. The Morgan fingerprint density at radius 2 is 1.65 bits per heavy atom. The Hall–Kier alpha value is -3.05. The van der Waals surface area contributed by atoms with Gasteiger partial charge < -0.3 is 14.8 Å². The Kier molecular flexibility index (Phi) is 9.20. The minimum atomic E-state index is -0.212. The van der Waals surface area contributed by atoms with Gasteiger partial charge in [-0.3, -0.25) is 4.79 Å². The maximum absolute atomic E-state index is 12.5. The van der Waals surface area contributed by atoms with Crippen LogP contribution in [0.3, 0.4) is 0 Å². The molecule has 1 N–H and O–H groups in total. The average Bonchev–Trinajstić information content (AvgIpc) is 2.82. The van der Waals surface area contributed by atoms with Crippen LogP contribution in [0.1, 0.15) is 41.6 Å². The molecule has 31 heavy (non-hydrogen) atoms. The van der Waals surface area contributed by atoms with Crippen molar-refractivity contribution in [3.63, 3.8) is 0 Å². The highest BCUT2D eigenvalue weighted by atomic mass is 35.5. The summed E-state index contributed by atoms with van der Waals surface area (Å²) in [5.41, 5.74) is 2.02. The Bertz CT molecular complexity index is 950. The Balaban J connectivity index is 1.59. The molecule has 0 atom stereocenters. The molecule has 2 aromatic carbocycles. The molecule has 5 nitrogen and oxygen atoms in total. The van der Waals surface area contributed by atoms with E-state index in [0.29, 0.717) is 29.6 Å². The Morgan fingerprint density at radius 1 is 0.871 bits per heavy atom. The lowest BCUT2D eigenvalue weighted by Crippen LogP contribution is -2.13. The summed E-state index contributed by atoms with van der Waals surface area (Å²) < 4.78 is 11.9. The number of alkyl halides is 1. The van der Waals surface area contributed by atoms with E-state index in [2.05, 4.69) is 10.3 Å². The number of halogens is 1. The first-order chi connectivity index (χ1) is 15.3. The van der Waals surface area contributed by atoms with E-state index in [4.69, 9.17) is 21.1 Å². The number of rotatable bonds is 12. The summed E-state index contributed by atoms with van der Waals surface area (Å²) in [7, 11) is 0. The minimum absolute atomic E-state index is 0.212. The third-order valence-electron chi connectivity index (χ3n) is 4.68. The fraction of sp³-hybridized carbons (Fsp3) is 0.280. The van der Waals surface area contributed by atoms with Crippen molar-refractivity contribution in [1.82, 2.24) is 4.98 Å². The van der Waals surface area contributed by atoms with E-state index >= 15 is 0 Å². The number of amides is 1. The first kappa shape index (κ1) is 22.6. The average molecular weight is 439 g/mol. The highest BCUT2D eigenvalue weighted by Crippen LogP contribution is 2.25. The summed E-state index contributed by atoms with van der Waals surface area (Å²) in [5.74, 6) is 1.66. The number of aromatic nitrogens is 1. The molecule has 0 unspecified atom stereocenters. The lowest BCUT2D eigenvalue weighted by molar-refractivity contribution is 0.102. The van der Waals surface area contributed by atoms with Crippen LogP contribution in [0.2, 0.25) is 0 Å². The molecule has 0 aliphatic heterocycles. The minimum Gasteiger partial charge on any atom is -0.493 e. The van der Waals surface area contributed by atoms with E-state index < -0.39 is 0 Å². The molecule has 0 radical (unpaired) electrons. The van der Waals surface area contributed by atoms with Crippen molar-refractivity contribution in [2.75, 3.05) is 17.8 Å². The Morgan fingerprint density at radius 3 is 2.48 bits per heavy atom. The lowest BCUT2D eigenvalue weighted by Gasteiger charge is -2.14. The highest BCUT2D eigenvalue weighted by Gasteiger charge is 2.12. The number of carbonyl (C=O) groups is 1. The van der Waals surface area contributed by atoms with Gasteiger partial charge in [-0.05, 0) is 43.2 Å². The first-order valence-corrected chi connectivity index (χ1v) is 11.0. The van der Waals surface area contributed by atoms with E-state index in [9.17, 15) is 4.79 Å². The second kappa shape index (κ2) is 12.6. The topological polar surface area (TPSA) is 60.5 Å². The standard InChI is InChI=1S/C25H27ClN2O3/c26-16-8-1-2-9-18-30-23-15-7-6-13-21(23)19-31-25-22(14-10-17-27-25)28-24(29)20-11-4-3-5-12-20/h3-7,10-15,17H,1-2,8-9,16,18-19H2,(H,28,29). The molecule has 0 aliphatic rings. The zero-order chi connectivity index (χ0) is 21.7. The van der Waals surface area contributed by atoms with Crippen LogP contribution in [0, 0.1) is 0 Å². The summed E-state index contributed by atoms with van der Waals surface area (Å²) in [4.78, 5) is 16.8. The monoisotopic (exact) mass is 438 g/mol. The van der Waals surface area contributed by atoms with Crippen LogP contribution < -0.4 is 14.8 Å². The molecule has 1 heterocycles. The zero-order valence-corrected chi connectivity index (χ0v) is 18.2. The van der Waals surface area contributed by atoms with E-state index in [1.165, 1.54) is 0 Å². The summed E-state index contributed by atoms with van der Waals surface area (Å²) in [6.45, 7) is 0.939. The number of anilines is 1. The van der Waals surface area contributed by atoms with Crippen LogP contribution in [0.5, 0.6) is 11.6 Å². The number of nitrogens with one attached hydrogen (secondary N) is 1. The number of pyridine rings is 1.